The highest BCUT2D eigenvalue weighted by Crippen LogP contribution is 2.32. The topological polar surface area (TPSA) is 180 Å². The third-order valence-electron chi connectivity index (χ3n) is 8.97. The summed E-state index contributed by atoms with van der Waals surface area (Å²) in [6.07, 6.45) is -5.06. The van der Waals surface area contributed by atoms with E-state index in [2.05, 4.69) is 4.98 Å². The number of carbonyl (C=O) groups is 5. The van der Waals surface area contributed by atoms with Crippen LogP contribution in [0.1, 0.15) is 63.6 Å². The third kappa shape index (κ3) is 7.22. The van der Waals surface area contributed by atoms with Gasteiger partial charge in [0.05, 0.1) is 34.4 Å². The largest absolute Gasteiger partial charge is 0.452 e. The number of nitrogens with zero attached hydrogens (tertiary/aromatic N) is 2. The molecule has 14 heteroatoms. The maximum Gasteiger partial charge on any atom is 0.338 e. The van der Waals surface area contributed by atoms with E-state index in [0.29, 0.717) is 0 Å². The summed E-state index contributed by atoms with van der Waals surface area (Å²) in [5.74, 6) is -3.56. The number of benzene rings is 4. The monoisotopic (exact) mass is 729 g/mol. The van der Waals surface area contributed by atoms with Crippen LogP contribution in [0.4, 0.5) is 0 Å². The summed E-state index contributed by atoms with van der Waals surface area (Å²) in [4.78, 5) is 96.2. The molecule has 272 valence electrons. The molecule has 1 N–H and O–H groups in total. The fraction of sp³-hybridized carbons (Fsp3) is 0.175. The van der Waals surface area contributed by atoms with Crippen LogP contribution in [0.15, 0.2) is 131 Å². The van der Waals surface area contributed by atoms with E-state index in [1.807, 2.05) is 0 Å². The molecule has 2 amide bonds. The molecule has 2 aliphatic rings. The van der Waals surface area contributed by atoms with Gasteiger partial charge in [0, 0.05) is 18.3 Å². The molecule has 1 unspecified atom stereocenters. The molecule has 5 aromatic rings. The standard InChI is InChI=1S/C40H31N3O11/c44-33-27(20-21-42-34(45)28-18-10-11-19-29(28)35(42)46)22-43(40(50)41-33)36-32(54-39(49)26-16-8-3-9-17-26)31(53-38(48)25-14-6-2-7-15-25)30(23-51-36)52-37(47)24-12-4-1-5-13-24/h1-19,22,30-32,36H,20-21,23H2,(H,41,44,50)/t30-,31-,32-,36?/m1/s1. The van der Waals surface area contributed by atoms with Crippen LogP contribution in [0.3, 0.4) is 0 Å². The lowest BCUT2D eigenvalue weighted by Gasteiger charge is -2.41. The number of hydrogen-bond donors (Lipinski definition) is 1. The van der Waals surface area contributed by atoms with Crippen molar-refractivity contribution in [2.24, 2.45) is 0 Å². The zero-order valence-corrected chi connectivity index (χ0v) is 28.4. The van der Waals surface area contributed by atoms with E-state index < -0.39 is 72.1 Å². The summed E-state index contributed by atoms with van der Waals surface area (Å²) < 4.78 is 24.8. The number of esters is 3. The van der Waals surface area contributed by atoms with Crippen LogP contribution < -0.4 is 11.2 Å². The highest BCUT2D eigenvalue weighted by Gasteiger charge is 2.49. The average Bonchev–Trinajstić information content (AvgIpc) is 3.44. The number of fused-ring (bicyclic) bond motifs is 1. The van der Waals surface area contributed by atoms with Crippen LogP contribution in [0.2, 0.25) is 0 Å². The van der Waals surface area contributed by atoms with Crippen LogP contribution in [0, 0.1) is 0 Å². The molecule has 0 aliphatic carbocycles. The first-order chi connectivity index (χ1) is 26.2. The molecule has 4 aromatic carbocycles. The van der Waals surface area contributed by atoms with Crippen molar-refractivity contribution in [2.75, 3.05) is 13.2 Å². The van der Waals surface area contributed by atoms with E-state index >= 15 is 0 Å². The number of aromatic amines is 1. The Morgan fingerprint density at radius 2 is 1.09 bits per heavy atom. The summed E-state index contributed by atoms with van der Waals surface area (Å²) in [6, 6.07) is 30.2. The van der Waals surface area contributed by atoms with Gasteiger partial charge in [-0.25, -0.2) is 19.2 Å². The summed E-state index contributed by atoms with van der Waals surface area (Å²) in [5.41, 5.74) is -0.867. The molecule has 3 heterocycles. The Morgan fingerprint density at radius 3 is 1.61 bits per heavy atom. The lowest BCUT2D eigenvalue weighted by molar-refractivity contribution is -0.213. The second-order valence-corrected chi connectivity index (χ2v) is 12.4. The Morgan fingerprint density at radius 1 is 0.630 bits per heavy atom. The van der Waals surface area contributed by atoms with E-state index in [0.717, 1.165) is 9.47 Å². The van der Waals surface area contributed by atoms with Gasteiger partial charge in [-0.1, -0.05) is 66.7 Å². The first-order valence-corrected chi connectivity index (χ1v) is 16.9. The van der Waals surface area contributed by atoms with E-state index in [1.165, 1.54) is 54.7 Å². The maximum absolute atomic E-state index is 13.6. The molecule has 0 radical (unpaired) electrons. The van der Waals surface area contributed by atoms with Gasteiger partial charge < -0.3 is 18.9 Å². The minimum absolute atomic E-state index is 0.0154. The fourth-order valence-electron chi connectivity index (χ4n) is 6.25. The lowest BCUT2D eigenvalue weighted by atomic mass is 10.0. The van der Waals surface area contributed by atoms with Crippen LogP contribution in [-0.2, 0) is 25.4 Å². The molecule has 0 spiro atoms. The van der Waals surface area contributed by atoms with Gasteiger partial charge >= 0.3 is 23.6 Å². The number of rotatable bonds is 10. The summed E-state index contributed by atoms with van der Waals surface area (Å²) in [7, 11) is 0. The highest BCUT2D eigenvalue weighted by atomic mass is 16.6. The van der Waals surface area contributed by atoms with Gasteiger partial charge in [-0.05, 0) is 55.0 Å². The molecule has 2 aliphatic heterocycles. The average molecular weight is 730 g/mol. The normalized spacial score (nSPS) is 19.1. The Balaban J connectivity index is 1.24. The van der Waals surface area contributed by atoms with E-state index in [9.17, 15) is 33.6 Å². The van der Waals surface area contributed by atoms with Gasteiger partial charge in [-0.2, -0.15) is 0 Å². The Bertz CT molecular complexity index is 2310. The van der Waals surface area contributed by atoms with Crippen LogP contribution in [0.25, 0.3) is 0 Å². The molecule has 0 bridgehead atoms. The summed E-state index contributed by atoms with van der Waals surface area (Å²) in [6.45, 7) is -0.633. The predicted molar refractivity (Wildman–Crippen MR) is 189 cm³/mol. The number of amides is 2. The number of H-pyrrole nitrogens is 1. The molecule has 14 nitrogen and oxygen atoms in total. The molecular formula is C40H31N3O11. The molecule has 7 rings (SSSR count). The van der Waals surface area contributed by atoms with Gasteiger partial charge in [-0.3, -0.25) is 28.8 Å². The summed E-state index contributed by atoms with van der Waals surface area (Å²) >= 11 is 0. The van der Waals surface area contributed by atoms with Gasteiger partial charge in [0.2, 0.25) is 0 Å². The highest BCUT2D eigenvalue weighted by molar-refractivity contribution is 6.21. The molecule has 54 heavy (non-hydrogen) atoms. The lowest BCUT2D eigenvalue weighted by Crippen LogP contribution is -2.57. The van der Waals surface area contributed by atoms with Crippen molar-refractivity contribution in [3.8, 4) is 0 Å². The number of imide groups is 1. The smallest absolute Gasteiger partial charge is 0.338 e. The molecule has 1 aromatic heterocycles. The SMILES string of the molecule is O=C(O[C@@H]1[C@H](OC(=O)c2ccccc2)COC(n2cc(CCN3C(=O)c4ccccc4C3=O)c(=O)[nH]c2=O)[C@@H]1OC(=O)c1ccccc1)c1ccccc1. The van der Waals surface area contributed by atoms with Crippen LogP contribution in [-0.4, -0.2) is 75.6 Å². The summed E-state index contributed by atoms with van der Waals surface area (Å²) in [5, 5.41) is 0. The third-order valence-corrected chi connectivity index (χ3v) is 8.97. The first-order valence-electron chi connectivity index (χ1n) is 16.9. The van der Waals surface area contributed by atoms with Gasteiger partial charge in [-0.15, -0.1) is 0 Å². The van der Waals surface area contributed by atoms with Crippen molar-refractivity contribution >= 4 is 29.7 Å². The van der Waals surface area contributed by atoms with Crippen molar-refractivity contribution in [1.82, 2.24) is 14.5 Å². The van der Waals surface area contributed by atoms with Crippen molar-refractivity contribution in [2.45, 2.75) is 31.0 Å². The second-order valence-electron chi connectivity index (χ2n) is 12.4. The fourth-order valence-corrected chi connectivity index (χ4v) is 6.25. The molecule has 1 saturated heterocycles. The zero-order valence-electron chi connectivity index (χ0n) is 28.4. The van der Waals surface area contributed by atoms with Crippen molar-refractivity contribution < 1.29 is 42.9 Å². The Kier molecular flexibility index (Phi) is 10.1. The predicted octanol–water partition coefficient (Wildman–Crippen LogP) is 3.58. The molecule has 0 saturated carbocycles. The second kappa shape index (κ2) is 15.4. The van der Waals surface area contributed by atoms with E-state index in [4.69, 9.17) is 18.9 Å². The van der Waals surface area contributed by atoms with Crippen molar-refractivity contribution in [3.63, 3.8) is 0 Å². The van der Waals surface area contributed by atoms with E-state index in [-0.39, 0.29) is 46.3 Å². The quantitative estimate of drug-likeness (QED) is 0.126. The van der Waals surface area contributed by atoms with E-state index in [1.54, 1.807) is 66.7 Å². The Hall–Kier alpha value is -6.93. The molecule has 1 fully saturated rings. The number of aromatic nitrogens is 2. The van der Waals surface area contributed by atoms with Crippen molar-refractivity contribution in [1.29, 1.82) is 0 Å². The number of hydrogen-bond acceptors (Lipinski definition) is 11. The van der Waals surface area contributed by atoms with Crippen LogP contribution in [0.5, 0.6) is 0 Å². The molecule has 4 atom stereocenters. The van der Waals surface area contributed by atoms with Gasteiger partial charge in [0.15, 0.2) is 24.5 Å². The number of carbonyl (C=O) groups excluding carboxylic acids is 5. The Labute approximate surface area is 306 Å². The minimum atomic E-state index is -1.64. The maximum atomic E-state index is 13.6. The number of ether oxygens (including phenoxy) is 4. The van der Waals surface area contributed by atoms with Crippen LogP contribution >= 0.6 is 0 Å². The zero-order chi connectivity index (χ0) is 37.8. The van der Waals surface area contributed by atoms with Crippen molar-refractivity contribution in [3.05, 3.63) is 176 Å². The molecular weight excluding hydrogens is 698 g/mol. The first kappa shape index (κ1) is 35.5. The minimum Gasteiger partial charge on any atom is -0.452 e. The number of nitrogens with one attached hydrogen (secondary N) is 1. The van der Waals surface area contributed by atoms with Gasteiger partial charge in [0.25, 0.3) is 17.4 Å². The van der Waals surface area contributed by atoms with Gasteiger partial charge in [0.1, 0.15) is 0 Å².